The van der Waals surface area contributed by atoms with Crippen molar-refractivity contribution in [3.05, 3.63) is 35.4 Å². The lowest BCUT2D eigenvalue weighted by Gasteiger charge is -2.35. The number of fused-ring (bicyclic) bond motifs is 1. The van der Waals surface area contributed by atoms with E-state index in [4.69, 9.17) is 4.74 Å². The molecule has 2 fully saturated rings. The Balaban J connectivity index is 1.48. The third-order valence-electron chi connectivity index (χ3n) is 5.00. The summed E-state index contributed by atoms with van der Waals surface area (Å²) in [6.45, 7) is 9.06. The topological polar surface area (TPSA) is 41.6 Å². The van der Waals surface area contributed by atoms with Gasteiger partial charge in [0, 0.05) is 18.6 Å². The average molecular weight is 330 g/mol. The van der Waals surface area contributed by atoms with Gasteiger partial charge < -0.3 is 15.0 Å². The molecule has 2 aliphatic heterocycles. The van der Waals surface area contributed by atoms with E-state index < -0.39 is 5.60 Å². The van der Waals surface area contributed by atoms with Crippen LogP contribution in [0.3, 0.4) is 0 Å². The minimum absolute atomic E-state index is 0.254. The maximum atomic E-state index is 12.0. The molecule has 0 bridgehead atoms. The van der Waals surface area contributed by atoms with Crippen LogP contribution in [0.2, 0.25) is 0 Å². The molecule has 1 N–H and O–H groups in total. The van der Waals surface area contributed by atoms with Crippen molar-refractivity contribution in [2.75, 3.05) is 13.1 Å². The normalized spacial score (nSPS) is 24.6. The minimum atomic E-state index is -0.452. The van der Waals surface area contributed by atoms with Crippen LogP contribution in [0.25, 0.3) is 0 Å². The molecule has 0 aromatic heterocycles. The highest BCUT2D eigenvalue weighted by atomic mass is 16.6. The number of carbonyl (C=O) groups is 1. The monoisotopic (exact) mass is 330 g/mol. The van der Waals surface area contributed by atoms with Crippen LogP contribution in [0.1, 0.15) is 62.4 Å². The molecule has 0 aliphatic carbocycles. The van der Waals surface area contributed by atoms with Crippen LogP contribution >= 0.6 is 0 Å². The molecule has 2 aliphatic rings. The quantitative estimate of drug-likeness (QED) is 0.860. The number of hydrogen-bond acceptors (Lipinski definition) is 4. The van der Waals surface area contributed by atoms with Crippen molar-refractivity contribution in [2.24, 2.45) is 0 Å². The van der Waals surface area contributed by atoms with Crippen molar-refractivity contribution in [3.63, 3.8) is 0 Å². The van der Waals surface area contributed by atoms with Gasteiger partial charge in [-0.05, 0) is 77.2 Å². The second kappa shape index (κ2) is 7.24. The largest absolute Gasteiger partial charge is 0.456 e. The Kier molecular flexibility index (Phi) is 5.26. The molecule has 1 aromatic rings. The fraction of sp³-hybridized carbons (Fsp3) is 0.650. The summed E-state index contributed by atoms with van der Waals surface area (Å²) in [4.78, 5) is 14.7. The molecule has 2 atom stereocenters. The molecule has 132 valence electrons. The Morgan fingerprint density at radius 3 is 2.67 bits per heavy atom. The van der Waals surface area contributed by atoms with E-state index in [1.807, 2.05) is 45.0 Å². The number of hydrogen-bond donors (Lipinski definition) is 1. The number of ether oxygens (including phenoxy) is 1. The van der Waals surface area contributed by atoms with Crippen molar-refractivity contribution in [1.82, 2.24) is 10.2 Å². The Bertz CT molecular complexity index is 562. The van der Waals surface area contributed by atoms with Crippen LogP contribution in [0.4, 0.5) is 0 Å². The summed E-state index contributed by atoms with van der Waals surface area (Å²) in [6.07, 6.45) is 5.24. The van der Waals surface area contributed by atoms with E-state index in [-0.39, 0.29) is 5.97 Å². The van der Waals surface area contributed by atoms with E-state index in [0.29, 0.717) is 11.6 Å². The molecule has 0 radical (unpaired) electrons. The molecule has 2 saturated heterocycles. The predicted octanol–water partition coefficient (Wildman–Crippen LogP) is 3.36. The lowest BCUT2D eigenvalue weighted by atomic mass is 9.97. The van der Waals surface area contributed by atoms with Gasteiger partial charge in [0.05, 0.1) is 5.56 Å². The lowest BCUT2D eigenvalue weighted by Crippen LogP contribution is -2.45. The summed E-state index contributed by atoms with van der Waals surface area (Å²) in [5.74, 6) is -0.254. The number of nitrogens with one attached hydrogen (secondary N) is 1. The highest BCUT2D eigenvalue weighted by Crippen LogP contribution is 2.27. The van der Waals surface area contributed by atoms with Crippen molar-refractivity contribution in [3.8, 4) is 0 Å². The molecule has 2 heterocycles. The van der Waals surface area contributed by atoms with Gasteiger partial charge in [0.25, 0.3) is 0 Å². The average Bonchev–Trinajstić information content (AvgIpc) is 2.99. The van der Waals surface area contributed by atoms with E-state index in [1.54, 1.807) is 0 Å². The minimum Gasteiger partial charge on any atom is -0.456 e. The van der Waals surface area contributed by atoms with Gasteiger partial charge in [-0.15, -0.1) is 0 Å². The Morgan fingerprint density at radius 1 is 1.21 bits per heavy atom. The molecular formula is C20H30N2O2. The second-order valence-electron chi connectivity index (χ2n) is 8.13. The Morgan fingerprint density at radius 2 is 1.96 bits per heavy atom. The fourth-order valence-corrected chi connectivity index (χ4v) is 3.77. The number of esters is 1. The first-order valence-corrected chi connectivity index (χ1v) is 9.20. The molecule has 3 rings (SSSR count). The SMILES string of the molecule is CC(C)(C)OC(=O)c1ccc(CN[C@H]2CCN3CCC[C@H]3C2)cc1. The zero-order valence-corrected chi connectivity index (χ0v) is 15.2. The van der Waals surface area contributed by atoms with Gasteiger partial charge in [0.1, 0.15) is 5.60 Å². The summed E-state index contributed by atoms with van der Waals surface area (Å²) >= 11 is 0. The number of nitrogens with zero attached hydrogens (tertiary/aromatic N) is 1. The van der Waals surface area contributed by atoms with Gasteiger partial charge in [-0.1, -0.05) is 12.1 Å². The van der Waals surface area contributed by atoms with Crippen LogP contribution in [-0.2, 0) is 11.3 Å². The maximum absolute atomic E-state index is 12.0. The Labute approximate surface area is 145 Å². The lowest BCUT2D eigenvalue weighted by molar-refractivity contribution is 0.00695. The van der Waals surface area contributed by atoms with Gasteiger partial charge >= 0.3 is 5.97 Å². The van der Waals surface area contributed by atoms with E-state index >= 15 is 0 Å². The Hall–Kier alpha value is -1.39. The van der Waals surface area contributed by atoms with Crippen molar-refractivity contribution < 1.29 is 9.53 Å². The summed E-state index contributed by atoms with van der Waals surface area (Å²) < 4.78 is 5.40. The van der Waals surface area contributed by atoms with E-state index in [2.05, 4.69) is 10.2 Å². The molecule has 1 aromatic carbocycles. The van der Waals surface area contributed by atoms with Crippen LogP contribution < -0.4 is 5.32 Å². The van der Waals surface area contributed by atoms with Gasteiger partial charge in [-0.3, -0.25) is 0 Å². The molecule has 4 nitrogen and oxygen atoms in total. The highest BCUT2D eigenvalue weighted by Gasteiger charge is 2.31. The zero-order valence-electron chi connectivity index (χ0n) is 15.2. The van der Waals surface area contributed by atoms with E-state index in [1.165, 1.54) is 44.3 Å². The van der Waals surface area contributed by atoms with E-state index in [0.717, 1.165) is 12.6 Å². The number of benzene rings is 1. The molecule has 24 heavy (non-hydrogen) atoms. The molecule has 4 heteroatoms. The molecule has 0 unspecified atom stereocenters. The zero-order chi connectivity index (χ0) is 17.2. The third kappa shape index (κ3) is 4.58. The molecule has 0 saturated carbocycles. The summed E-state index contributed by atoms with van der Waals surface area (Å²) in [5, 5.41) is 3.69. The van der Waals surface area contributed by atoms with Gasteiger partial charge in [0.15, 0.2) is 0 Å². The molecule has 0 amide bonds. The van der Waals surface area contributed by atoms with Crippen LogP contribution in [0.15, 0.2) is 24.3 Å². The first-order valence-electron chi connectivity index (χ1n) is 9.20. The summed E-state index contributed by atoms with van der Waals surface area (Å²) in [7, 11) is 0. The molecule has 0 spiro atoms. The number of rotatable bonds is 4. The van der Waals surface area contributed by atoms with Crippen LogP contribution in [0, 0.1) is 0 Å². The van der Waals surface area contributed by atoms with Crippen molar-refractivity contribution in [1.29, 1.82) is 0 Å². The van der Waals surface area contributed by atoms with Crippen molar-refractivity contribution >= 4 is 5.97 Å². The third-order valence-corrected chi connectivity index (χ3v) is 5.00. The van der Waals surface area contributed by atoms with Crippen LogP contribution in [0.5, 0.6) is 0 Å². The van der Waals surface area contributed by atoms with Gasteiger partial charge in [-0.2, -0.15) is 0 Å². The number of carbonyl (C=O) groups excluding carboxylic acids is 1. The molecular weight excluding hydrogens is 300 g/mol. The van der Waals surface area contributed by atoms with Gasteiger partial charge in [0.2, 0.25) is 0 Å². The summed E-state index contributed by atoms with van der Waals surface area (Å²) in [6, 6.07) is 9.20. The standard InChI is InChI=1S/C20H30N2O2/c1-20(2,3)24-19(23)16-8-6-15(7-9-16)14-21-17-10-12-22-11-4-5-18(22)13-17/h6-9,17-18,21H,4-5,10-14H2,1-3H3/t17-,18-/m0/s1. The first-order chi connectivity index (χ1) is 11.4. The summed E-state index contributed by atoms with van der Waals surface area (Å²) in [5.41, 5.74) is 1.39. The van der Waals surface area contributed by atoms with E-state index in [9.17, 15) is 4.79 Å². The second-order valence-corrected chi connectivity index (χ2v) is 8.13. The van der Waals surface area contributed by atoms with Crippen molar-refractivity contribution in [2.45, 2.75) is 70.7 Å². The number of piperidine rings is 1. The van der Waals surface area contributed by atoms with Crippen LogP contribution in [-0.4, -0.2) is 41.6 Å². The highest BCUT2D eigenvalue weighted by molar-refractivity contribution is 5.89. The maximum Gasteiger partial charge on any atom is 0.338 e. The smallest absolute Gasteiger partial charge is 0.338 e. The first kappa shape index (κ1) is 17.4. The predicted molar refractivity (Wildman–Crippen MR) is 96.1 cm³/mol. The van der Waals surface area contributed by atoms with Gasteiger partial charge in [-0.25, -0.2) is 4.79 Å². The fourth-order valence-electron chi connectivity index (χ4n) is 3.77.